The van der Waals surface area contributed by atoms with Gasteiger partial charge in [-0.1, -0.05) is 23.6 Å². The van der Waals surface area contributed by atoms with Gasteiger partial charge in [-0.3, -0.25) is 9.69 Å². The SMILES string of the molecule is C#Cc1ccc(CNC(=O)[C@@H]2C[C@@H](O)CN2C(=O)OC(C)(C)C)c(Cl)c1. The Morgan fingerprint density at radius 1 is 1.46 bits per heavy atom. The van der Waals surface area contributed by atoms with Crippen molar-refractivity contribution in [3.63, 3.8) is 0 Å². The lowest BCUT2D eigenvalue weighted by Gasteiger charge is -2.27. The van der Waals surface area contributed by atoms with E-state index in [4.69, 9.17) is 22.8 Å². The van der Waals surface area contributed by atoms with Crippen LogP contribution < -0.4 is 5.32 Å². The van der Waals surface area contributed by atoms with Gasteiger partial charge in [0.15, 0.2) is 0 Å². The Labute approximate surface area is 158 Å². The zero-order valence-corrected chi connectivity index (χ0v) is 15.8. The molecule has 26 heavy (non-hydrogen) atoms. The Balaban J connectivity index is 2.03. The van der Waals surface area contributed by atoms with Crippen molar-refractivity contribution in [2.75, 3.05) is 6.54 Å². The van der Waals surface area contributed by atoms with Gasteiger partial charge in [0.2, 0.25) is 5.91 Å². The number of carbonyl (C=O) groups is 2. The number of nitrogens with one attached hydrogen (secondary N) is 1. The van der Waals surface area contributed by atoms with E-state index in [-0.39, 0.29) is 25.4 Å². The summed E-state index contributed by atoms with van der Waals surface area (Å²) in [7, 11) is 0. The standard InChI is InChI=1S/C19H23ClN2O4/c1-5-12-6-7-13(15(20)8-12)10-21-17(24)16-9-14(23)11-22(16)18(25)26-19(2,3)4/h1,6-8,14,16,23H,9-11H2,2-4H3,(H,21,24)/t14-,16+/m1/s1. The molecule has 7 heteroatoms. The molecule has 0 aromatic heterocycles. The van der Waals surface area contributed by atoms with Crippen LogP contribution in [-0.2, 0) is 16.1 Å². The van der Waals surface area contributed by atoms with E-state index in [1.165, 1.54) is 4.90 Å². The first-order valence-electron chi connectivity index (χ1n) is 8.31. The molecule has 2 N–H and O–H groups in total. The number of aliphatic hydroxyl groups excluding tert-OH is 1. The molecule has 6 nitrogen and oxygen atoms in total. The Morgan fingerprint density at radius 3 is 2.73 bits per heavy atom. The number of carbonyl (C=O) groups excluding carboxylic acids is 2. The number of β-amino-alcohol motifs (C(OH)–C–C–N with tert-alkyl or cyclic N) is 1. The first-order chi connectivity index (χ1) is 12.1. The number of benzene rings is 1. The zero-order chi connectivity index (χ0) is 19.5. The average molecular weight is 379 g/mol. The number of nitrogens with zero attached hydrogens (tertiary/aromatic N) is 1. The molecule has 1 aromatic rings. The summed E-state index contributed by atoms with van der Waals surface area (Å²) in [4.78, 5) is 26.1. The Hall–Kier alpha value is -2.23. The molecule has 140 valence electrons. The smallest absolute Gasteiger partial charge is 0.411 e. The molecule has 0 unspecified atom stereocenters. The molecule has 1 saturated heterocycles. The highest BCUT2D eigenvalue weighted by Crippen LogP contribution is 2.22. The topological polar surface area (TPSA) is 78.9 Å². The third-order valence-electron chi connectivity index (χ3n) is 3.88. The van der Waals surface area contributed by atoms with Crippen LogP contribution in [0.15, 0.2) is 18.2 Å². The molecule has 0 saturated carbocycles. The fourth-order valence-electron chi connectivity index (χ4n) is 2.67. The van der Waals surface area contributed by atoms with Gasteiger partial charge >= 0.3 is 6.09 Å². The van der Waals surface area contributed by atoms with Crippen molar-refractivity contribution in [1.29, 1.82) is 0 Å². The van der Waals surface area contributed by atoms with Crippen LogP contribution in [0.2, 0.25) is 5.02 Å². The molecule has 2 atom stereocenters. The molecule has 1 aliphatic rings. The molecule has 2 amide bonds. The predicted molar refractivity (Wildman–Crippen MR) is 98.6 cm³/mol. The lowest BCUT2D eigenvalue weighted by Crippen LogP contribution is -2.47. The predicted octanol–water partition coefficient (Wildman–Crippen LogP) is 2.31. The summed E-state index contributed by atoms with van der Waals surface area (Å²) >= 11 is 6.15. The number of aliphatic hydroxyl groups is 1. The lowest BCUT2D eigenvalue weighted by molar-refractivity contribution is -0.125. The van der Waals surface area contributed by atoms with Gasteiger partial charge < -0.3 is 15.2 Å². The van der Waals surface area contributed by atoms with Gasteiger partial charge in [-0.15, -0.1) is 6.42 Å². The maximum absolute atomic E-state index is 12.5. The van der Waals surface area contributed by atoms with Gasteiger partial charge in [-0.25, -0.2) is 4.79 Å². The van der Waals surface area contributed by atoms with E-state index in [0.717, 1.165) is 0 Å². The molecule has 0 radical (unpaired) electrons. The first-order valence-corrected chi connectivity index (χ1v) is 8.69. The van der Waals surface area contributed by atoms with Crippen molar-refractivity contribution < 1.29 is 19.4 Å². The van der Waals surface area contributed by atoms with Crippen LogP contribution >= 0.6 is 11.6 Å². The molecular formula is C19H23ClN2O4. The Morgan fingerprint density at radius 2 is 2.15 bits per heavy atom. The second kappa shape index (κ2) is 7.98. The summed E-state index contributed by atoms with van der Waals surface area (Å²) in [6.07, 6.45) is 4.10. The monoisotopic (exact) mass is 378 g/mol. The lowest BCUT2D eigenvalue weighted by atomic mass is 10.1. The van der Waals surface area contributed by atoms with Crippen molar-refractivity contribution in [2.45, 2.75) is 51.5 Å². The van der Waals surface area contributed by atoms with Crippen molar-refractivity contribution in [3.8, 4) is 12.3 Å². The second-order valence-electron chi connectivity index (χ2n) is 7.21. The highest BCUT2D eigenvalue weighted by atomic mass is 35.5. The summed E-state index contributed by atoms with van der Waals surface area (Å²) in [5.41, 5.74) is 0.680. The summed E-state index contributed by atoms with van der Waals surface area (Å²) in [6, 6.07) is 4.34. The fourth-order valence-corrected chi connectivity index (χ4v) is 2.91. The largest absolute Gasteiger partial charge is 0.444 e. The van der Waals surface area contributed by atoms with E-state index >= 15 is 0 Å². The van der Waals surface area contributed by atoms with Crippen LogP contribution in [0.1, 0.15) is 38.3 Å². The molecule has 2 rings (SSSR count). The van der Waals surface area contributed by atoms with Crippen LogP contribution in [0, 0.1) is 12.3 Å². The molecule has 0 bridgehead atoms. The number of hydrogen-bond acceptors (Lipinski definition) is 4. The van der Waals surface area contributed by atoms with Crippen LogP contribution in [0.25, 0.3) is 0 Å². The summed E-state index contributed by atoms with van der Waals surface area (Å²) in [5, 5.41) is 13.1. The number of likely N-dealkylation sites (tertiary alicyclic amines) is 1. The number of ether oxygens (including phenoxy) is 1. The van der Waals surface area contributed by atoms with Crippen LogP contribution in [0.3, 0.4) is 0 Å². The van der Waals surface area contributed by atoms with Gasteiger partial charge in [0.25, 0.3) is 0 Å². The molecule has 1 aliphatic heterocycles. The highest BCUT2D eigenvalue weighted by Gasteiger charge is 2.40. The molecular weight excluding hydrogens is 356 g/mol. The average Bonchev–Trinajstić information content (AvgIpc) is 2.94. The summed E-state index contributed by atoms with van der Waals surface area (Å²) < 4.78 is 5.31. The number of hydrogen-bond donors (Lipinski definition) is 2. The number of rotatable bonds is 3. The number of halogens is 1. The zero-order valence-electron chi connectivity index (χ0n) is 15.1. The van der Waals surface area contributed by atoms with Crippen molar-refractivity contribution >= 4 is 23.6 Å². The van der Waals surface area contributed by atoms with E-state index in [1.54, 1.807) is 39.0 Å². The molecule has 0 aliphatic carbocycles. The van der Waals surface area contributed by atoms with Crippen LogP contribution in [0.5, 0.6) is 0 Å². The van der Waals surface area contributed by atoms with Gasteiger partial charge in [0.1, 0.15) is 11.6 Å². The number of amides is 2. The molecule has 1 heterocycles. The third kappa shape index (κ3) is 5.13. The van der Waals surface area contributed by atoms with Crippen molar-refractivity contribution in [2.24, 2.45) is 0 Å². The fraction of sp³-hybridized carbons (Fsp3) is 0.474. The molecule has 0 spiro atoms. The van der Waals surface area contributed by atoms with E-state index < -0.39 is 23.8 Å². The first kappa shape index (κ1) is 20.1. The second-order valence-corrected chi connectivity index (χ2v) is 7.61. The summed E-state index contributed by atoms with van der Waals surface area (Å²) in [6.45, 7) is 5.49. The number of terminal acetylenes is 1. The Bertz CT molecular complexity index is 736. The minimum atomic E-state index is -0.788. The highest BCUT2D eigenvalue weighted by molar-refractivity contribution is 6.31. The van der Waals surface area contributed by atoms with Crippen LogP contribution in [0.4, 0.5) is 4.79 Å². The normalized spacial score (nSPS) is 19.8. The van der Waals surface area contributed by atoms with E-state index in [1.807, 2.05) is 0 Å². The molecule has 1 aromatic carbocycles. The van der Waals surface area contributed by atoms with Gasteiger partial charge in [0, 0.05) is 23.6 Å². The minimum Gasteiger partial charge on any atom is -0.444 e. The van der Waals surface area contributed by atoms with Crippen molar-refractivity contribution in [3.05, 3.63) is 34.3 Å². The maximum atomic E-state index is 12.5. The van der Waals surface area contributed by atoms with Gasteiger partial charge in [-0.05, 0) is 38.5 Å². The van der Waals surface area contributed by atoms with E-state index in [2.05, 4.69) is 11.2 Å². The maximum Gasteiger partial charge on any atom is 0.411 e. The van der Waals surface area contributed by atoms with Crippen LogP contribution in [-0.4, -0.2) is 46.3 Å². The third-order valence-corrected chi connectivity index (χ3v) is 4.23. The van der Waals surface area contributed by atoms with Crippen molar-refractivity contribution in [1.82, 2.24) is 10.2 Å². The molecule has 1 fully saturated rings. The quantitative estimate of drug-likeness (QED) is 0.791. The Kier molecular flexibility index (Phi) is 6.17. The van der Waals surface area contributed by atoms with E-state index in [0.29, 0.717) is 16.1 Å². The minimum absolute atomic E-state index is 0.0601. The van der Waals surface area contributed by atoms with Gasteiger partial charge in [-0.2, -0.15) is 0 Å². The van der Waals surface area contributed by atoms with E-state index in [9.17, 15) is 14.7 Å². The van der Waals surface area contributed by atoms with Gasteiger partial charge in [0.05, 0.1) is 12.6 Å². The summed E-state index contributed by atoms with van der Waals surface area (Å²) in [5.74, 6) is 2.12.